The third-order valence-electron chi connectivity index (χ3n) is 4.99. The zero-order valence-electron chi connectivity index (χ0n) is 16.6. The van der Waals surface area contributed by atoms with Crippen molar-refractivity contribution in [2.24, 2.45) is 0 Å². The lowest BCUT2D eigenvalue weighted by Crippen LogP contribution is -2.27. The van der Waals surface area contributed by atoms with Gasteiger partial charge >= 0.3 is 5.97 Å². The van der Waals surface area contributed by atoms with Gasteiger partial charge < -0.3 is 9.67 Å². The Kier molecular flexibility index (Phi) is 5.47. The van der Waals surface area contributed by atoms with Crippen LogP contribution >= 0.6 is 23.4 Å². The monoisotopic (exact) mass is 452 g/mol. The second kappa shape index (κ2) is 8.09. The summed E-state index contributed by atoms with van der Waals surface area (Å²) in [6, 6.07) is 15.1. The van der Waals surface area contributed by atoms with E-state index in [1.54, 1.807) is 54.6 Å². The number of carboxylic acids is 1. The molecule has 0 atom stereocenters. The molecule has 2 aromatic carbocycles. The Morgan fingerprint density at radius 1 is 1.03 bits per heavy atom. The van der Waals surface area contributed by atoms with Crippen LogP contribution in [0, 0.1) is 13.8 Å². The van der Waals surface area contributed by atoms with Crippen molar-refractivity contribution in [3.05, 3.63) is 87.0 Å². The third-order valence-corrected chi connectivity index (χ3v) is 6.09. The smallest absolute Gasteiger partial charge is 0.335 e. The normalized spacial score (nSPS) is 15.2. The molecule has 4 rings (SSSR count). The molecular weight excluding hydrogens is 436 g/mol. The van der Waals surface area contributed by atoms with Crippen molar-refractivity contribution in [3.63, 3.8) is 0 Å². The average Bonchev–Trinajstić information content (AvgIpc) is 3.16. The van der Waals surface area contributed by atoms with Gasteiger partial charge in [-0.3, -0.25) is 9.59 Å². The van der Waals surface area contributed by atoms with Gasteiger partial charge in [0.25, 0.3) is 11.1 Å². The van der Waals surface area contributed by atoms with E-state index in [-0.39, 0.29) is 10.8 Å². The summed E-state index contributed by atoms with van der Waals surface area (Å²) in [5.41, 5.74) is 4.04. The van der Waals surface area contributed by atoms with Crippen LogP contribution < -0.4 is 4.90 Å². The summed E-state index contributed by atoms with van der Waals surface area (Å²) in [7, 11) is 0. The van der Waals surface area contributed by atoms with Crippen LogP contribution in [0.15, 0.2) is 59.5 Å². The number of carboxylic acid groups (broad SMARTS) is 1. The summed E-state index contributed by atoms with van der Waals surface area (Å²) in [6.45, 7) is 3.83. The minimum Gasteiger partial charge on any atom is -0.478 e. The number of aromatic nitrogens is 1. The summed E-state index contributed by atoms with van der Waals surface area (Å²) >= 11 is 6.89. The fourth-order valence-electron chi connectivity index (χ4n) is 3.53. The number of hydrogen-bond acceptors (Lipinski definition) is 4. The molecule has 0 radical (unpaired) electrons. The highest BCUT2D eigenvalue weighted by molar-refractivity contribution is 8.19. The number of aromatic carboxylic acids is 1. The molecule has 8 heteroatoms. The molecule has 1 aromatic heterocycles. The summed E-state index contributed by atoms with van der Waals surface area (Å²) in [5, 5.41) is 9.16. The molecule has 1 fully saturated rings. The van der Waals surface area contributed by atoms with Crippen molar-refractivity contribution in [1.29, 1.82) is 0 Å². The molecule has 3 aromatic rings. The molecule has 0 spiro atoms. The number of thioether (sulfide) groups is 1. The second-order valence-electron chi connectivity index (χ2n) is 7.01. The van der Waals surface area contributed by atoms with Gasteiger partial charge in [0.2, 0.25) is 0 Å². The Bertz CT molecular complexity index is 1260. The molecule has 0 bridgehead atoms. The van der Waals surface area contributed by atoms with E-state index in [1.165, 1.54) is 0 Å². The summed E-state index contributed by atoms with van der Waals surface area (Å²) in [4.78, 5) is 38.0. The van der Waals surface area contributed by atoms with Crippen LogP contribution in [0.25, 0.3) is 11.8 Å². The van der Waals surface area contributed by atoms with Crippen molar-refractivity contribution in [3.8, 4) is 5.69 Å². The molecule has 1 N–H and O–H groups in total. The number of nitrogens with zero attached hydrogens (tertiary/aromatic N) is 2. The lowest BCUT2D eigenvalue weighted by Gasteiger charge is -2.12. The van der Waals surface area contributed by atoms with E-state index >= 15 is 0 Å². The molecule has 0 saturated carbocycles. The predicted octanol–water partition coefficient (Wildman–Crippen LogP) is 5.69. The van der Waals surface area contributed by atoms with Crippen molar-refractivity contribution in [2.75, 3.05) is 4.90 Å². The number of halogens is 1. The standard InChI is InChI=1S/C23H17ClN2O4S/c1-13-10-16(14(2)25(13)18-8-6-15(7-9-18)22(28)29)11-20-21(27)26(23(30)31-20)19-5-3-4-17(24)12-19/h3-12H,1-2H3,(H,28,29)/b20-11-. The van der Waals surface area contributed by atoms with Crippen LogP contribution in [0.3, 0.4) is 0 Å². The van der Waals surface area contributed by atoms with Gasteiger partial charge in [0.05, 0.1) is 16.2 Å². The lowest BCUT2D eigenvalue weighted by atomic mass is 10.2. The third kappa shape index (κ3) is 3.89. The maximum absolute atomic E-state index is 12.9. The Morgan fingerprint density at radius 2 is 1.74 bits per heavy atom. The van der Waals surface area contributed by atoms with Crippen molar-refractivity contribution in [2.45, 2.75) is 13.8 Å². The summed E-state index contributed by atoms with van der Waals surface area (Å²) in [6.07, 6.45) is 1.71. The molecule has 156 valence electrons. The number of carbonyl (C=O) groups is 3. The number of aryl methyl sites for hydroxylation is 1. The van der Waals surface area contributed by atoms with Crippen LogP contribution in [-0.2, 0) is 4.79 Å². The van der Waals surface area contributed by atoms with E-state index in [1.807, 2.05) is 24.5 Å². The largest absolute Gasteiger partial charge is 0.478 e. The number of benzene rings is 2. The first-order chi connectivity index (χ1) is 14.8. The quantitative estimate of drug-likeness (QED) is 0.514. The minimum absolute atomic E-state index is 0.209. The highest BCUT2D eigenvalue weighted by Gasteiger charge is 2.36. The van der Waals surface area contributed by atoms with Crippen LogP contribution in [0.5, 0.6) is 0 Å². The Balaban J connectivity index is 1.68. The molecule has 31 heavy (non-hydrogen) atoms. The number of anilines is 1. The molecule has 0 unspecified atom stereocenters. The van der Waals surface area contributed by atoms with Crippen molar-refractivity contribution < 1.29 is 19.5 Å². The van der Waals surface area contributed by atoms with Crippen LogP contribution in [-0.4, -0.2) is 26.8 Å². The minimum atomic E-state index is -0.983. The van der Waals surface area contributed by atoms with Gasteiger partial charge in [-0.2, -0.15) is 0 Å². The van der Waals surface area contributed by atoms with Gasteiger partial charge in [0, 0.05) is 22.1 Å². The number of imide groups is 1. The molecule has 1 aliphatic rings. The molecule has 1 saturated heterocycles. The Labute approximate surface area is 187 Å². The molecule has 6 nitrogen and oxygen atoms in total. The fourth-order valence-corrected chi connectivity index (χ4v) is 4.55. The number of carbonyl (C=O) groups excluding carboxylic acids is 2. The molecule has 0 aliphatic carbocycles. The van der Waals surface area contributed by atoms with E-state index in [0.717, 1.165) is 39.3 Å². The van der Waals surface area contributed by atoms with Gasteiger partial charge in [-0.25, -0.2) is 9.69 Å². The first-order valence-electron chi connectivity index (χ1n) is 9.32. The second-order valence-corrected chi connectivity index (χ2v) is 8.44. The zero-order chi connectivity index (χ0) is 22.3. The maximum atomic E-state index is 12.9. The fraction of sp³-hybridized carbons (Fsp3) is 0.0870. The van der Waals surface area contributed by atoms with Gasteiger partial charge in [-0.1, -0.05) is 17.7 Å². The predicted molar refractivity (Wildman–Crippen MR) is 122 cm³/mol. The van der Waals surface area contributed by atoms with Crippen LogP contribution in [0.1, 0.15) is 27.3 Å². The molecule has 2 amide bonds. The van der Waals surface area contributed by atoms with E-state index in [0.29, 0.717) is 15.6 Å². The van der Waals surface area contributed by atoms with Crippen LogP contribution in [0.4, 0.5) is 10.5 Å². The van der Waals surface area contributed by atoms with Gasteiger partial charge in [-0.15, -0.1) is 0 Å². The molecule has 1 aliphatic heterocycles. The summed E-state index contributed by atoms with van der Waals surface area (Å²) < 4.78 is 1.97. The highest BCUT2D eigenvalue weighted by Crippen LogP contribution is 2.37. The lowest BCUT2D eigenvalue weighted by molar-refractivity contribution is -0.113. The average molecular weight is 453 g/mol. The van der Waals surface area contributed by atoms with Gasteiger partial charge in [0.15, 0.2) is 0 Å². The maximum Gasteiger partial charge on any atom is 0.335 e. The first kappa shape index (κ1) is 21.0. The molecule has 2 heterocycles. The van der Waals surface area contributed by atoms with Crippen molar-refractivity contribution >= 4 is 52.2 Å². The molecular formula is C23H17ClN2O4S. The Morgan fingerprint density at radius 3 is 2.39 bits per heavy atom. The zero-order valence-corrected chi connectivity index (χ0v) is 18.2. The van der Waals surface area contributed by atoms with Crippen LogP contribution in [0.2, 0.25) is 5.02 Å². The van der Waals surface area contributed by atoms with E-state index < -0.39 is 11.9 Å². The summed E-state index contributed by atoms with van der Waals surface area (Å²) in [5.74, 6) is -1.38. The van der Waals surface area contributed by atoms with E-state index in [9.17, 15) is 14.4 Å². The first-order valence-corrected chi connectivity index (χ1v) is 10.5. The number of hydrogen-bond donors (Lipinski definition) is 1. The highest BCUT2D eigenvalue weighted by atomic mass is 35.5. The van der Waals surface area contributed by atoms with Crippen molar-refractivity contribution in [1.82, 2.24) is 4.57 Å². The number of amides is 2. The SMILES string of the molecule is Cc1cc(/C=C2\SC(=O)N(c3cccc(Cl)c3)C2=O)c(C)n1-c1ccc(C(=O)O)cc1. The van der Waals surface area contributed by atoms with Gasteiger partial charge in [0.1, 0.15) is 0 Å². The van der Waals surface area contributed by atoms with E-state index in [2.05, 4.69) is 0 Å². The van der Waals surface area contributed by atoms with Gasteiger partial charge in [-0.05, 0) is 85.8 Å². The topological polar surface area (TPSA) is 79.6 Å². The van der Waals surface area contributed by atoms with E-state index in [4.69, 9.17) is 16.7 Å². The number of rotatable bonds is 4. The Hall–Kier alpha value is -3.29.